The molecule has 4 atom stereocenters. The van der Waals surface area contributed by atoms with Crippen LogP contribution in [0.1, 0.15) is 35.1 Å². The summed E-state index contributed by atoms with van der Waals surface area (Å²) in [5.74, 6) is 1.52. The SMILES string of the molecule is Cc1cc(C)c2c(CC(=O)N3C[C@H]4C[C@@H](Nc5cnccn5)[C@H](O)C[C@H]4C3)coc2c1C. The van der Waals surface area contributed by atoms with E-state index >= 15 is 0 Å². The second-order valence-corrected chi connectivity index (χ2v) is 9.48. The molecule has 1 saturated heterocycles. The molecule has 1 saturated carbocycles. The van der Waals surface area contributed by atoms with Crippen molar-refractivity contribution in [1.82, 2.24) is 14.9 Å². The molecule has 1 amide bonds. The summed E-state index contributed by atoms with van der Waals surface area (Å²) < 4.78 is 5.86. The summed E-state index contributed by atoms with van der Waals surface area (Å²) in [5.41, 5.74) is 5.33. The van der Waals surface area contributed by atoms with E-state index in [2.05, 4.69) is 42.1 Å². The summed E-state index contributed by atoms with van der Waals surface area (Å²) in [7, 11) is 0. The molecule has 7 nitrogen and oxygen atoms in total. The first-order valence-electron chi connectivity index (χ1n) is 11.4. The van der Waals surface area contributed by atoms with Crippen LogP contribution in [-0.4, -0.2) is 51.1 Å². The Balaban J connectivity index is 1.27. The maximum absolute atomic E-state index is 13.2. The van der Waals surface area contributed by atoms with Gasteiger partial charge in [0, 0.05) is 36.4 Å². The van der Waals surface area contributed by atoms with Crippen LogP contribution in [0.5, 0.6) is 0 Å². The Hall–Kier alpha value is -2.93. The average molecular weight is 435 g/mol. The van der Waals surface area contributed by atoms with Gasteiger partial charge in [-0.2, -0.15) is 0 Å². The molecule has 3 heterocycles. The summed E-state index contributed by atoms with van der Waals surface area (Å²) in [5, 5.41) is 15.1. The molecule has 1 aliphatic heterocycles. The van der Waals surface area contributed by atoms with E-state index in [1.165, 1.54) is 5.56 Å². The van der Waals surface area contributed by atoms with Gasteiger partial charge in [-0.3, -0.25) is 9.78 Å². The third-order valence-corrected chi connectivity index (χ3v) is 7.36. The molecular formula is C25H30N4O3. The van der Waals surface area contributed by atoms with Crippen LogP contribution in [0.2, 0.25) is 0 Å². The van der Waals surface area contributed by atoms with E-state index in [1.807, 2.05) is 4.90 Å². The van der Waals surface area contributed by atoms with Gasteiger partial charge in [-0.05, 0) is 62.1 Å². The van der Waals surface area contributed by atoms with E-state index in [1.54, 1.807) is 24.9 Å². The fourth-order valence-corrected chi connectivity index (χ4v) is 5.54. The lowest BCUT2D eigenvalue weighted by Gasteiger charge is -2.35. The molecule has 1 aromatic carbocycles. The van der Waals surface area contributed by atoms with Crippen LogP contribution in [0, 0.1) is 32.6 Å². The standard InChI is InChI=1S/C25H30N4O3/c1-14-6-15(2)24-19(13-32-25(24)16(14)3)9-23(31)29-11-17-7-20(21(30)8-18(17)12-29)28-22-10-26-4-5-27-22/h4-6,10,13,17-18,20-21,30H,7-9,11-12H2,1-3H3,(H,27,28)/t17-,18+,20-,21-/m1/s1. The number of anilines is 1. The molecule has 0 bridgehead atoms. The molecule has 168 valence electrons. The third-order valence-electron chi connectivity index (χ3n) is 7.36. The van der Waals surface area contributed by atoms with Crippen LogP contribution < -0.4 is 5.32 Å². The number of aromatic nitrogens is 2. The van der Waals surface area contributed by atoms with Crippen molar-refractivity contribution in [3.63, 3.8) is 0 Å². The number of benzene rings is 1. The number of nitrogens with zero attached hydrogens (tertiary/aromatic N) is 3. The zero-order chi connectivity index (χ0) is 22.4. The van der Waals surface area contributed by atoms with Crippen molar-refractivity contribution in [1.29, 1.82) is 0 Å². The van der Waals surface area contributed by atoms with Crippen LogP contribution in [0.4, 0.5) is 5.82 Å². The van der Waals surface area contributed by atoms with Crippen LogP contribution in [-0.2, 0) is 11.2 Å². The summed E-state index contributed by atoms with van der Waals surface area (Å²) >= 11 is 0. The number of hydrogen-bond acceptors (Lipinski definition) is 6. The fourth-order valence-electron chi connectivity index (χ4n) is 5.54. The van der Waals surface area contributed by atoms with Crippen molar-refractivity contribution in [3.8, 4) is 0 Å². The minimum Gasteiger partial charge on any atom is -0.464 e. The minimum atomic E-state index is -0.458. The van der Waals surface area contributed by atoms with E-state index in [4.69, 9.17) is 4.42 Å². The van der Waals surface area contributed by atoms with Gasteiger partial charge < -0.3 is 19.7 Å². The van der Waals surface area contributed by atoms with Gasteiger partial charge in [0.15, 0.2) is 0 Å². The lowest BCUT2D eigenvalue weighted by Crippen LogP contribution is -2.43. The number of aryl methyl sites for hydroxylation is 3. The number of furan rings is 1. The number of hydrogen-bond donors (Lipinski definition) is 2. The Morgan fingerprint density at radius 2 is 1.97 bits per heavy atom. The van der Waals surface area contributed by atoms with E-state index in [9.17, 15) is 9.90 Å². The normalized spacial score (nSPS) is 25.2. The van der Waals surface area contributed by atoms with Gasteiger partial charge >= 0.3 is 0 Å². The Kier molecular flexibility index (Phi) is 5.37. The molecule has 2 fully saturated rings. The van der Waals surface area contributed by atoms with Crippen LogP contribution in [0.15, 0.2) is 35.3 Å². The largest absolute Gasteiger partial charge is 0.464 e. The Bertz CT molecular complexity index is 1140. The van der Waals surface area contributed by atoms with Crippen molar-refractivity contribution in [2.24, 2.45) is 11.8 Å². The molecule has 32 heavy (non-hydrogen) atoms. The van der Waals surface area contributed by atoms with Crippen LogP contribution >= 0.6 is 0 Å². The number of aliphatic hydroxyl groups excluding tert-OH is 1. The third kappa shape index (κ3) is 3.75. The molecule has 1 aliphatic carbocycles. The molecule has 3 aromatic rings. The number of nitrogens with one attached hydrogen (secondary N) is 1. The van der Waals surface area contributed by atoms with Crippen LogP contribution in [0.3, 0.4) is 0 Å². The van der Waals surface area contributed by atoms with Gasteiger partial charge in [-0.25, -0.2) is 4.98 Å². The van der Waals surface area contributed by atoms with E-state index in [-0.39, 0.29) is 11.9 Å². The van der Waals surface area contributed by atoms with Crippen molar-refractivity contribution >= 4 is 22.7 Å². The predicted molar refractivity (Wildman–Crippen MR) is 122 cm³/mol. The molecule has 0 radical (unpaired) electrons. The highest BCUT2D eigenvalue weighted by Gasteiger charge is 2.43. The molecule has 5 rings (SSSR count). The fraction of sp³-hybridized carbons (Fsp3) is 0.480. The van der Waals surface area contributed by atoms with Gasteiger partial charge in [0.05, 0.1) is 31.0 Å². The second kappa shape index (κ2) is 8.20. The zero-order valence-electron chi connectivity index (χ0n) is 18.8. The summed E-state index contributed by atoms with van der Waals surface area (Å²) in [6.07, 6.45) is 8.09. The molecule has 0 spiro atoms. The van der Waals surface area contributed by atoms with Crippen molar-refractivity contribution in [2.75, 3.05) is 18.4 Å². The summed E-state index contributed by atoms with van der Waals surface area (Å²) in [6, 6.07) is 2.09. The lowest BCUT2D eigenvalue weighted by atomic mass is 9.77. The van der Waals surface area contributed by atoms with Gasteiger partial charge in [-0.15, -0.1) is 0 Å². The number of likely N-dealkylation sites (tertiary alicyclic amines) is 1. The first kappa shape index (κ1) is 20.9. The van der Waals surface area contributed by atoms with Crippen molar-refractivity contribution < 1.29 is 14.3 Å². The van der Waals surface area contributed by atoms with E-state index in [0.29, 0.717) is 37.0 Å². The van der Waals surface area contributed by atoms with Gasteiger partial charge in [0.1, 0.15) is 11.4 Å². The number of fused-ring (bicyclic) bond motifs is 2. The maximum Gasteiger partial charge on any atom is 0.227 e. The number of rotatable bonds is 4. The molecule has 7 heteroatoms. The lowest BCUT2D eigenvalue weighted by molar-refractivity contribution is -0.129. The number of aliphatic hydroxyl groups is 1. The smallest absolute Gasteiger partial charge is 0.227 e. The monoisotopic (exact) mass is 434 g/mol. The Morgan fingerprint density at radius 3 is 2.72 bits per heavy atom. The van der Waals surface area contributed by atoms with Crippen molar-refractivity contribution in [2.45, 2.75) is 52.2 Å². The van der Waals surface area contributed by atoms with E-state index in [0.717, 1.165) is 40.6 Å². The first-order valence-corrected chi connectivity index (χ1v) is 11.4. The molecule has 2 N–H and O–H groups in total. The zero-order valence-corrected chi connectivity index (χ0v) is 18.8. The predicted octanol–water partition coefficient (Wildman–Crippen LogP) is 3.40. The highest BCUT2D eigenvalue weighted by Crippen LogP contribution is 2.38. The number of carbonyl (C=O) groups is 1. The number of amides is 1. The quantitative estimate of drug-likeness (QED) is 0.654. The van der Waals surface area contributed by atoms with Crippen LogP contribution in [0.25, 0.3) is 11.0 Å². The minimum absolute atomic E-state index is 0.0744. The van der Waals surface area contributed by atoms with Gasteiger partial charge in [0.25, 0.3) is 0 Å². The average Bonchev–Trinajstić information content (AvgIpc) is 3.37. The summed E-state index contributed by atoms with van der Waals surface area (Å²) in [6.45, 7) is 7.68. The van der Waals surface area contributed by atoms with E-state index < -0.39 is 6.10 Å². The topological polar surface area (TPSA) is 91.5 Å². The molecule has 2 aliphatic rings. The van der Waals surface area contributed by atoms with Gasteiger partial charge in [-0.1, -0.05) is 6.07 Å². The van der Waals surface area contributed by atoms with Crippen molar-refractivity contribution in [3.05, 3.63) is 53.2 Å². The summed E-state index contributed by atoms with van der Waals surface area (Å²) in [4.78, 5) is 23.5. The maximum atomic E-state index is 13.2. The first-order chi connectivity index (χ1) is 15.4. The van der Waals surface area contributed by atoms with Gasteiger partial charge in [0.2, 0.25) is 5.91 Å². The Labute approximate surface area is 187 Å². The highest BCUT2D eigenvalue weighted by molar-refractivity contribution is 5.92. The number of carbonyl (C=O) groups excluding carboxylic acids is 1. The highest BCUT2D eigenvalue weighted by atomic mass is 16.3. The molecule has 0 unspecified atom stereocenters. The molecule has 2 aromatic heterocycles. The Morgan fingerprint density at radius 1 is 1.19 bits per heavy atom. The molecular weight excluding hydrogens is 404 g/mol. The second-order valence-electron chi connectivity index (χ2n) is 9.48.